The van der Waals surface area contributed by atoms with E-state index in [-0.39, 0.29) is 5.92 Å². The number of rotatable bonds is 3. The smallest absolute Gasteiger partial charge is 0.0899 e. The molecule has 0 radical (unpaired) electrons. The first-order chi connectivity index (χ1) is 12.3. The number of hydrogen-bond acceptors (Lipinski definition) is 1. The fourth-order valence-corrected chi connectivity index (χ4v) is 3.44. The van der Waals surface area contributed by atoms with Gasteiger partial charge in [-0.25, -0.2) is 0 Å². The molecule has 2 atom stereocenters. The van der Waals surface area contributed by atoms with E-state index in [9.17, 15) is 5.11 Å². The highest BCUT2D eigenvalue weighted by Gasteiger charge is 2.27. The van der Waals surface area contributed by atoms with Gasteiger partial charge in [0.25, 0.3) is 0 Å². The van der Waals surface area contributed by atoms with Crippen molar-refractivity contribution in [2.75, 3.05) is 0 Å². The first-order valence-corrected chi connectivity index (χ1v) is 8.60. The van der Waals surface area contributed by atoms with Crippen LogP contribution in [0.5, 0.6) is 0 Å². The molecule has 0 bridgehead atoms. The fourth-order valence-electron chi connectivity index (χ4n) is 3.44. The molecule has 3 aromatic carbocycles. The summed E-state index contributed by atoms with van der Waals surface area (Å²) in [7, 11) is 0. The Morgan fingerprint density at radius 2 is 1.40 bits per heavy atom. The van der Waals surface area contributed by atoms with Crippen LogP contribution in [-0.2, 0) is 0 Å². The summed E-state index contributed by atoms with van der Waals surface area (Å²) in [5.74, 6) is -0.0718. The van der Waals surface area contributed by atoms with Crippen molar-refractivity contribution in [3.05, 3.63) is 113 Å². The van der Waals surface area contributed by atoms with Gasteiger partial charge in [-0.05, 0) is 27.8 Å². The Morgan fingerprint density at radius 1 is 0.760 bits per heavy atom. The highest BCUT2D eigenvalue weighted by Crippen LogP contribution is 2.40. The van der Waals surface area contributed by atoms with E-state index in [0.717, 1.165) is 27.8 Å². The lowest BCUT2D eigenvalue weighted by Crippen LogP contribution is -2.16. The summed E-state index contributed by atoms with van der Waals surface area (Å²) in [6.07, 6.45) is 5.88. The Balaban J connectivity index is 1.81. The highest BCUT2D eigenvalue weighted by molar-refractivity contribution is 5.85. The SMILES string of the molecule is OC1c2ccccc2C=CC1C(=Cc1ccccc1)c1ccccc1. The molecule has 0 aromatic heterocycles. The Morgan fingerprint density at radius 3 is 2.16 bits per heavy atom. The van der Waals surface area contributed by atoms with Gasteiger partial charge < -0.3 is 5.11 Å². The second-order valence-corrected chi connectivity index (χ2v) is 6.34. The van der Waals surface area contributed by atoms with Crippen molar-refractivity contribution >= 4 is 17.7 Å². The summed E-state index contributed by atoms with van der Waals surface area (Å²) in [5.41, 5.74) is 5.49. The molecule has 1 nitrogen and oxygen atoms in total. The number of aliphatic hydroxyl groups is 1. The first kappa shape index (κ1) is 15.6. The number of fused-ring (bicyclic) bond motifs is 1. The standard InChI is InChI=1S/C24H20O/c25-24-21-14-8-7-13-20(21)15-16-22(24)23(19-11-5-2-6-12-19)17-18-9-3-1-4-10-18/h1-17,22,24-25H. The molecule has 1 heteroatoms. The van der Waals surface area contributed by atoms with Gasteiger partial charge in [0.15, 0.2) is 0 Å². The van der Waals surface area contributed by atoms with Crippen molar-refractivity contribution in [1.29, 1.82) is 0 Å². The van der Waals surface area contributed by atoms with E-state index in [1.807, 2.05) is 60.7 Å². The van der Waals surface area contributed by atoms with Gasteiger partial charge in [0.2, 0.25) is 0 Å². The minimum Gasteiger partial charge on any atom is -0.387 e. The molecule has 4 rings (SSSR count). The minimum atomic E-state index is -0.545. The lowest BCUT2D eigenvalue weighted by atomic mass is 9.79. The molecule has 1 aliphatic rings. The lowest BCUT2D eigenvalue weighted by molar-refractivity contribution is 0.153. The van der Waals surface area contributed by atoms with Gasteiger partial charge in [0, 0.05) is 5.92 Å². The van der Waals surface area contributed by atoms with Crippen LogP contribution in [0.15, 0.2) is 91.0 Å². The topological polar surface area (TPSA) is 20.2 Å². The largest absolute Gasteiger partial charge is 0.387 e. The molecule has 0 aliphatic heterocycles. The van der Waals surface area contributed by atoms with Gasteiger partial charge >= 0.3 is 0 Å². The maximum Gasteiger partial charge on any atom is 0.0899 e. The molecule has 1 N–H and O–H groups in total. The van der Waals surface area contributed by atoms with E-state index in [1.165, 1.54) is 0 Å². The average Bonchev–Trinajstić information content (AvgIpc) is 2.69. The molecular formula is C24H20O. The molecule has 0 heterocycles. The van der Waals surface area contributed by atoms with E-state index < -0.39 is 6.10 Å². The van der Waals surface area contributed by atoms with Crippen LogP contribution in [0.25, 0.3) is 17.7 Å². The molecule has 3 aromatic rings. The highest BCUT2D eigenvalue weighted by atomic mass is 16.3. The zero-order valence-electron chi connectivity index (χ0n) is 13.9. The quantitative estimate of drug-likeness (QED) is 0.621. The number of hydrogen-bond donors (Lipinski definition) is 1. The van der Waals surface area contributed by atoms with E-state index >= 15 is 0 Å². The van der Waals surface area contributed by atoms with Crippen molar-refractivity contribution in [1.82, 2.24) is 0 Å². The lowest BCUT2D eigenvalue weighted by Gasteiger charge is -2.28. The summed E-state index contributed by atoms with van der Waals surface area (Å²) in [5, 5.41) is 11.0. The van der Waals surface area contributed by atoms with Crippen molar-refractivity contribution in [2.24, 2.45) is 5.92 Å². The number of aliphatic hydroxyl groups excluding tert-OH is 1. The van der Waals surface area contributed by atoms with Gasteiger partial charge in [-0.3, -0.25) is 0 Å². The number of benzene rings is 3. The fraction of sp³-hybridized carbons (Fsp3) is 0.0833. The van der Waals surface area contributed by atoms with Gasteiger partial charge in [-0.2, -0.15) is 0 Å². The van der Waals surface area contributed by atoms with Crippen molar-refractivity contribution < 1.29 is 5.11 Å². The summed E-state index contributed by atoms with van der Waals surface area (Å²) >= 11 is 0. The molecule has 0 amide bonds. The van der Waals surface area contributed by atoms with Crippen LogP contribution in [-0.4, -0.2) is 5.11 Å². The second kappa shape index (κ2) is 6.92. The molecule has 2 unspecified atom stereocenters. The van der Waals surface area contributed by atoms with E-state index in [4.69, 9.17) is 0 Å². The third-order valence-electron chi connectivity index (χ3n) is 4.73. The van der Waals surface area contributed by atoms with Crippen molar-refractivity contribution in [3.8, 4) is 0 Å². The van der Waals surface area contributed by atoms with Crippen LogP contribution in [0, 0.1) is 5.92 Å². The van der Waals surface area contributed by atoms with E-state index in [1.54, 1.807) is 0 Å². The molecule has 1 aliphatic carbocycles. The molecule has 0 saturated heterocycles. The van der Waals surface area contributed by atoms with Gasteiger partial charge in [0.05, 0.1) is 6.10 Å². The third-order valence-corrected chi connectivity index (χ3v) is 4.73. The molecule has 122 valence electrons. The minimum absolute atomic E-state index is 0.0718. The molecule has 0 spiro atoms. The van der Waals surface area contributed by atoms with Gasteiger partial charge in [-0.1, -0.05) is 103 Å². The predicted octanol–water partition coefficient (Wildman–Crippen LogP) is 5.60. The van der Waals surface area contributed by atoms with E-state index in [0.29, 0.717) is 0 Å². The maximum atomic E-state index is 11.0. The summed E-state index contributed by atoms with van der Waals surface area (Å²) in [6.45, 7) is 0. The molecule has 0 fully saturated rings. The Kier molecular flexibility index (Phi) is 4.32. The normalized spacial score (nSPS) is 19.5. The average molecular weight is 324 g/mol. The van der Waals surface area contributed by atoms with Crippen molar-refractivity contribution in [2.45, 2.75) is 6.10 Å². The van der Waals surface area contributed by atoms with Crippen LogP contribution in [0.2, 0.25) is 0 Å². The maximum absolute atomic E-state index is 11.0. The summed E-state index contributed by atoms with van der Waals surface area (Å²) < 4.78 is 0. The third kappa shape index (κ3) is 3.19. The molecule has 25 heavy (non-hydrogen) atoms. The van der Waals surface area contributed by atoms with E-state index in [2.05, 4.69) is 42.5 Å². The zero-order chi connectivity index (χ0) is 17.1. The van der Waals surface area contributed by atoms with Crippen LogP contribution in [0.3, 0.4) is 0 Å². The van der Waals surface area contributed by atoms with Crippen LogP contribution >= 0.6 is 0 Å². The molecular weight excluding hydrogens is 304 g/mol. The Labute approximate surface area is 148 Å². The second-order valence-electron chi connectivity index (χ2n) is 6.34. The predicted molar refractivity (Wildman–Crippen MR) is 105 cm³/mol. The van der Waals surface area contributed by atoms with Gasteiger partial charge in [-0.15, -0.1) is 0 Å². The van der Waals surface area contributed by atoms with Crippen LogP contribution < -0.4 is 0 Å². The Bertz CT molecular complexity index is 907. The monoisotopic (exact) mass is 324 g/mol. The van der Waals surface area contributed by atoms with Crippen LogP contribution in [0.4, 0.5) is 0 Å². The molecule has 0 saturated carbocycles. The van der Waals surface area contributed by atoms with Crippen molar-refractivity contribution in [3.63, 3.8) is 0 Å². The summed E-state index contributed by atoms with van der Waals surface area (Å²) in [4.78, 5) is 0. The zero-order valence-corrected chi connectivity index (χ0v) is 13.9. The Hall–Kier alpha value is -2.90. The summed E-state index contributed by atoms with van der Waals surface area (Å²) in [6, 6.07) is 28.7. The van der Waals surface area contributed by atoms with Crippen LogP contribution in [0.1, 0.15) is 28.4 Å². The first-order valence-electron chi connectivity index (χ1n) is 8.60. The van der Waals surface area contributed by atoms with Gasteiger partial charge in [0.1, 0.15) is 0 Å².